The lowest BCUT2D eigenvalue weighted by atomic mass is 9.99. The molecular formula is C22H25FN2O3. The number of rotatable bonds is 7. The van der Waals surface area contributed by atoms with Gasteiger partial charge in [0.05, 0.1) is 0 Å². The number of halogens is 1. The smallest absolute Gasteiger partial charge is 0.262 e. The average Bonchev–Trinajstić information content (AvgIpc) is 2.65. The topological polar surface area (TPSA) is 58.6 Å². The van der Waals surface area contributed by atoms with Crippen molar-refractivity contribution in [2.24, 2.45) is 5.92 Å². The van der Waals surface area contributed by atoms with E-state index in [1.807, 2.05) is 17.0 Å². The number of aryl methyl sites for hydroxylation is 1. The highest BCUT2D eigenvalue weighted by Crippen LogP contribution is 2.30. The fourth-order valence-corrected chi connectivity index (χ4v) is 3.17. The molecule has 6 heteroatoms. The molecular weight excluding hydrogens is 359 g/mol. The number of nitrogens with zero attached hydrogens (tertiary/aromatic N) is 1. The van der Waals surface area contributed by atoms with Crippen molar-refractivity contribution >= 4 is 23.2 Å². The second kappa shape index (κ2) is 8.87. The molecule has 0 saturated carbocycles. The molecule has 1 N–H and O–H groups in total. The number of carbonyl (C=O) groups excluding carboxylic acids is 2. The van der Waals surface area contributed by atoms with E-state index in [0.29, 0.717) is 36.7 Å². The molecule has 0 aliphatic carbocycles. The Kier molecular flexibility index (Phi) is 6.29. The first-order chi connectivity index (χ1) is 13.4. The molecule has 2 aromatic rings. The van der Waals surface area contributed by atoms with Gasteiger partial charge in [-0.2, -0.15) is 0 Å². The summed E-state index contributed by atoms with van der Waals surface area (Å²) in [6, 6.07) is 11.3. The summed E-state index contributed by atoms with van der Waals surface area (Å²) in [5.41, 5.74) is 2.63. The summed E-state index contributed by atoms with van der Waals surface area (Å²) in [4.78, 5) is 26.3. The van der Waals surface area contributed by atoms with E-state index in [1.165, 1.54) is 18.2 Å². The Hall–Kier alpha value is -2.89. The molecule has 0 saturated heterocycles. The van der Waals surface area contributed by atoms with Crippen molar-refractivity contribution in [2.75, 3.05) is 23.4 Å². The Morgan fingerprint density at radius 3 is 2.79 bits per heavy atom. The Balaban J connectivity index is 1.62. The molecule has 3 rings (SSSR count). The zero-order valence-electron chi connectivity index (χ0n) is 16.2. The van der Waals surface area contributed by atoms with Gasteiger partial charge < -0.3 is 15.0 Å². The van der Waals surface area contributed by atoms with E-state index in [9.17, 15) is 14.0 Å². The number of hydrogen-bond donors (Lipinski definition) is 1. The fraction of sp³-hybridized carbons (Fsp3) is 0.364. The van der Waals surface area contributed by atoms with Gasteiger partial charge in [0.1, 0.15) is 11.6 Å². The predicted molar refractivity (Wildman–Crippen MR) is 107 cm³/mol. The van der Waals surface area contributed by atoms with Crippen LogP contribution in [0.25, 0.3) is 0 Å². The molecule has 0 aromatic heterocycles. The number of benzene rings is 2. The van der Waals surface area contributed by atoms with Crippen LogP contribution >= 0.6 is 0 Å². The van der Waals surface area contributed by atoms with Crippen LogP contribution in [-0.2, 0) is 16.0 Å². The van der Waals surface area contributed by atoms with E-state index >= 15 is 0 Å². The number of fused-ring (bicyclic) bond motifs is 1. The van der Waals surface area contributed by atoms with Gasteiger partial charge in [0.15, 0.2) is 6.61 Å². The van der Waals surface area contributed by atoms with Crippen molar-refractivity contribution < 1.29 is 18.7 Å². The van der Waals surface area contributed by atoms with Gasteiger partial charge in [0.2, 0.25) is 5.91 Å². The molecule has 2 aromatic carbocycles. The molecule has 28 heavy (non-hydrogen) atoms. The lowest BCUT2D eigenvalue weighted by Gasteiger charge is -2.30. The second-order valence-corrected chi connectivity index (χ2v) is 7.37. The van der Waals surface area contributed by atoms with Gasteiger partial charge in [0, 0.05) is 30.4 Å². The molecule has 0 unspecified atom stereocenters. The summed E-state index contributed by atoms with van der Waals surface area (Å²) in [7, 11) is 0. The molecule has 0 radical (unpaired) electrons. The Labute approximate surface area is 164 Å². The summed E-state index contributed by atoms with van der Waals surface area (Å²) in [6.45, 7) is 4.77. The first-order valence-electron chi connectivity index (χ1n) is 9.54. The Bertz CT molecular complexity index is 867. The Morgan fingerprint density at radius 2 is 2.04 bits per heavy atom. The third-order valence-electron chi connectivity index (χ3n) is 4.66. The minimum Gasteiger partial charge on any atom is -0.484 e. The van der Waals surface area contributed by atoms with Gasteiger partial charge >= 0.3 is 0 Å². The monoisotopic (exact) mass is 384 g/mol. The third kappa shape index (κ3) is 5.09. The van der Waals surface area contributed by atoms with Gasteiger partial charge in [0.25, 0.3) is 5.91 Å². The molecule has 2 amide bonds. The number of nitrogens with one attached hydrogen (secondary N) is 1. The van der Waals surface area contributed by atoms with Crippen molar-refractivity contribution in [2.45, 2.75) is 33.1 Å². The predicted octanol–water partition coefficient (Wildman–Crippen LogP) is 4.17. The fourth-order valence-electron chi connectivity index (χ4n) is 3.17. The summed E-state index contributed by atoms with van der Waals surface area (Å²) >= 11 is 0. The van der Waals surface area contributed by atoms with Crippen LogP contribution < -0.4 is 15.0 Å². The first-order valence-corrected chi connectivity index (χ1v) is 9.54. The minimum atomic E-state index is -0.413. The number of hydrogen-bond acceptors (Lipinski definition) is 3. The molecule has 1 heterocycles. The molecule has 148 valence electrons. The van der Waals surface area contributed by atoms with Crippen molar-refractivity contribution in [3.8, 4) is 5.75 Å². The minimum absolute atomic E-state index is 0.147. The Morgan fingerprint density at radius 1 is 1.21 bits per heavy atom. The zero-order chi connectivity index (χ0) is 20.1. The second-order valence-electron chi connectivity index (χ2n) is 7.37. The highest BCUT2D eigenvalue weighted by Gasteiger charge is 2.24. The number of amides is 2. The summed E-state index contributed by atoms with van der Waals surface area (Å²) < 4.78 is 18.5. The van der Waals surface area contributed by atoms with E-state index in [-0.39, 0.29) is 18.4 Å². The van der Waals surface area contributed by atoms with Crippen LogP contribution in [-0.4, -0.2) is 25.0 Å². The van der Waals surface area contributed by atoms with Crippen molar-refractivity contribution in [3.05, 3.63) is 53.8 Å². The molecule has 1 aliphatic heterocycles. The summed E-state index contributed by atoms with van der Waals surface area (Å²) in [6.07, 6.45) is 2.09. The van der Waals surface area contributed by atoms with E-state index < -0.39 is 5.82 Å². The lowest BCUT2D eigenvalue weighted by Crippen LogP contribution is -2.36. The molecule has 5 nitrogen and oxygen atoms in total. The molecule has 0 spiro atoms. The van der Waals surface area contributed by atoms with Crippen molar-refractivity contribution in [1.82, 2.24) is 0 Å². The lowest BCUT2D eigenvalue weighted by molar-refractivity contribution is -0.119. The molecule has 1 aliphatic rings. The van der Waals surface area contributed by atoms with Gasteiger partial charge in [-0.3, -0.25) is 9.59 Å². The summed E-state index contributed by atoms with van der Waals surface area (Å²) in [5, 5.41) is 2.79. The molecule has 0 atom stereocenters. The van der Waals surface area contributed by atoms with Crippen LogP contribution in [0.15, 0.2) is 42.5 Å². The van der Waals surface area contributed by atoms with E-state index in [1.54, 1.807) is 12.1 Å². The highest BCUT2D eigenvalue weighted by atomic mass is 19.1. The maximum Gasteiger partial charge on any atom is 0.262 e. The van der Waals surface area contributed by atoms with Crippen LogP contribution in [0.4, 0.5) is 15.8 Å². The molecule has 0 fully saturated rings. The third-order valence-corrected chi connectivity index (χ3v) is 4.66. The van der Waals surface area contributed by atoms with Crippen LogP contribution in [0, 0.1) is 11.7 Å². The first kappa shape index (κ1) is 19.9. The van der Waals surface area contributed by atoms with Crippen molar-refractivity contribution in [1.29, 1.82) is 0 Å². The standard InChI is InChI=1S/C22H25FN2O3/c1-15(2)10-11-25-20-8-7-18(12-16(20)6-9-22(25)27)24-21(26)14-28-19-5-3-4-17(23)13-19/h3-5,7-8,12-13,15H,6,9-11,14H2,1-2H3,(H,24,26). The van der Waals surface area contributed by atoms with E-state index in [0.717, 1.165) is 17.7 Å². The van der Waals surface area contributed by atoms with Crippen LogP contribution in [0.1, 0.15) is 32.3 Å². The average molecular weight is 384 g/mol. The highest BCUT2D eigenvalue weighted by molar-refractivity contribution is 5.97. The van der Waals surface area contributed by atoms with E-state index in [4.69, 9.17) is 4.74 Å². The number of ether oxygens (including phenoxy) is 1. The largest absolute Gasteiger partial charge is 0.484 e. The van der Waals surface area contributed by atoms with Crippen LogP contribution in [0.3, 0.4) is 0 Å². The quantitative estimate of drug-likeness (QED) is 0.780. The van der Waals surface area contributed by atoms with Gasteiger partial charge in [-0.25, -0.2) is 4.39 Å². The van der Waals surface area contributed by atoms with Crippen LogP contribution in [0.2, 0.25) is 0 Å². The molecule has 0 bridgehead atoms. The number of carbonyl (C=O) groups is 2. The maximum atomic E-state index is 13.1. The van der Waals surface area contributed by atoms with Crippen LogP contribution in [0.5, 0.6) is 5.75 Å². The maximum absolute atomic E-state index is 13.1. The van der Waals surface area contributed by atoms with Gasteiger partial charge in [-0.05, 0) is 54.7 Å². The SMILES string of the molecule is CC(C)CCN1C(=O)CCc2cc(NC(=O)COc3cccc(F)c3)ccc21. The van der Waals surface area contributed by atoms with Crippen molar-refractivity contribution in [3.63, 3.8) is 0 Å². The van der Waals surface area contributed by atoms with Gasteiger partial charge in [-0.15, -0.1) is 0 Å². The van der Waals surface area contributed by atoms with E-state index in [2.05, 4.69) is 19.2 Å². The zero-order valence-corrected chi connectivity index (χ0v) is 16.2. The summed E-state index contributed by atoms with van der Waals surface area (Å²) in [5.74, 6) is 0.236. The normalized spacial score (nSPS) is 13.4. The van der Waals surface area contributed by atoms with Gasteiger partial charge in [-0.1, -0.05) is 19.9 Å². The number of anilines is 2.